The number of nitrogens with two attached hydrogens (primary N) is 1. The fourth-order valence-electron chi connectivity index (χ4n) is 1.74. The quantitative estimate of drug-likeness (QED) is 0.663. The standard InChI is InChI=1S/C9H9N3S/c10-9-12-7-1-5-3-11-4-6(5)2-8(7)13-9/h1-2,11H,3-4H2,(H2,10,12). The molecule has 3 N–H and O–H groups in total. The molecule has 0 atom stereocenters. The number of nitrogens with one attached hydrogen (secondary N) is 1. The maximum absolute atomic E-state index is 5.64. The Bertz CT molecular complexity index is 434. The zero-order valence-electron chi connectivity index (χ0n) is 7.00. The average Bonchev–Trinajstić information content (AvgIpc) is 2.63. The monoisotopic (exact) mass is 191 g/mol. The number of anilines is 1. The van der Waals surface area contributed by atoms with Gasteiger partial charge in [-0.05, 0) is 23.3 Å². The van der Waals surface area contributed by atoms with E-state index in [0.29, 0.717) is 5.13 Å². The lowest BCUT2D eigenvalue weighted by Gasteiger charge is -1.95. The molecule has 2 aromatic rings. The number of nitrogens with zero attached hydrogens (tertiary/aromatic N) is 1. The molecule has 3 nitrogen and oxygen atoms in total. The van der Waals surface area contributed by atoms with Crippen LogP contribution in [0.2, 0.25) is 0 Å². The van der Waals surface area contributed by atoms with Crippen LogP contribution < -0.4 is 11.1 Å². The molecule has 0 radical (unpaired) electrons. The molecule has 4 heteroatoms. The maximum Gasteiger partial charge on any atom is 0.181 e. The van der Waals surface area contributed by atoms with Crippen molar-refractivity contribution in [1.29, 1.82) is 0 Å². The van der Waals surface area contributed by atoms with Crippen LogP contribution in [-0.2, 0) is 13.1 Å². The smallest absolute Gasteiger partial charge is 0.181 e. The second-order valence-electron chi connectivity index (χ2n) is 3.24. The molecule has 13 heavy (non-hydrogen) atoms. The Labute approximate surface area is 79.6 Å². The minimum absolute atomic E-state index is 0.659. The number of benzene rings is 1. The van der Waals surface area contributed by atoms with Crippen LogP contribution in [0.3, 0.4) is 0 Å². The molecule has 66 valence electrons. The third kappa shape index (κ3) is 1.03. The highest BCUT2D eigenvalue weighted by atomic mass is 32.1. The van der Waals surface area contributed by atoms with Gasteiger partial charge in [-0.3, -0.25) is 0 Å². The maximum atomic E-state index is 5.64. The van der Waals surface area contributed by atoms with Crippen molar-refractivity contribution in [1.82, 2.24) is 10.3 Å². The van der Waals surface area contributed by atoms with E-state index in [9.17, 15) is 0 Å². The fourth-order valence-corrected chi connectivity index (χ4v) is 2.52. The molecule has 0 amide bonds. The molecule has 1 aliphatic heterocycles. The van der Waals surface area contributed by atoms with Crippen molar-refractivity contribution in [3.8, 4) is 0 Å². The molecule has 1 aromatic carbocycles. The lowest BCUT2D eigenvalue weighted by atomic mass is 10.1. The Hall–Kier alpha value is -1.13. The summed E-state index contributed by atoms with van der Waals surface area (Å²) in [4.78, 5) is 4.26. The van der Waals surface area contributed by atoms with E-state index in [1.165, 1.54) is 15.8 Å². The number of hydrogen-bond acceptors (Lipinski definition) is 4. The zero-order chi connectivity index (χ0) is 8.84. The Kier molecular flexibility index (Phi) is 1.36. The van der Waals surface area contributed by atoms with Crippen molar-refractivity contribution in [2.75, 3.05) is 5.73 Å². The number of fused-ring (bicyclic) bond motifs is 2. The van der Waals surface area contributed by atoms with E-state index in [1.54, 1.807) is 11.3 Å². The van der Waals surface area contributed by atoms with E-state index in [0.717, 1.165) is 18.6 Å². The number of thiazole rings is 1. The first-order valence-corrected chi connectivity index (χ1v) is 5.03. The summed E-state index contributed by atoms with van der Waals surface area (Å²) in [7, 11) is 0. The predicted octanol–water partition coefficient (Wildman–Crippen LogP) is 1.48. The van der Waals surface area contributed by atoms with Crippen molar-refractivity contribution in [3.63, 3.8) is 0 Å². The van der Waals surface area contributed by atoms with Gasteiger partial charge in [-0.1, -0.05) is 11.3 Å². The van der Waals surface area contributed by atoms with Crippen LogP contribution in [0.1, 0.15) is 11.1 Å². The Morgan fingerprint density at radius 2 is 2.08 bits per heavy atom. The summed E-state index contributed by atoms with van der Waals surface area (Å²) < 4.78 is 1.19. The van der Waals surface area contributed by atoms with Gasteiger partial charge in [-0.25, -0.2) is 4.98 Å². The van der Waals surface area contributed by atoms with Gasteiger partial charge in [-0.15, -0.1) is 0 Å². The van der Waals surface area contributed by atoms with Crippen LogP contribution in [0, 0.1) is 0 Å². The van der Waals surface area contributed by atoms with Gasteiger partial charge in [0.25, 0.3) is 0 Å². The normalized spacial score (nSPS) is 15.1. The lowest BCUT2D eigenvalue weighted by Crippen LogP contribution is -1.99. The van der Waals surface area contributed by atoms with Crippen molar-refractivity contribution in [3.05, 3.63) is 23.3 Å². The van der Waals surface area contributed by atoms with Crippen molar-refractivity contribution in [2.24, 2.45) is 0 Å². The van der Waals surface area contributed by atoms with E-state index in [4.69, 9.17) is 5.73 Å². The summed E-state index contributed by atoms with van der Waals surface area (Å²) in [5.74, 6) is 0. The molecule has 2 heterocycles. The van der Waals surface area contributed by atoms with Crippen LogP contribution >= 0.6 is 11.3 Å². The average molecular weight is 191 g/mol. The molecule has 1 aliphatic rings. The van der Waals surface area contributed by atoms with Crippen molar-refractivity contribution in [2.45, 2.75) is 13.1 Å². The fraction of sp³-hybridized carbons (Fsp3) is 0.222. The largest absolute Gasteiger partial charge is 0.375 e. The summed E-state index contributed by atoms with van der Waals surface area (Å²) in [5.41, 5.74) is 9.42. The van der Waals surface area contributed by atoms with Gasteiger partial charge in [-0.2, -0.15) is 0 Å². The summed E-state index contributed by atoms with van der Waals surface area (Å²) in [6.07, 6.45) is 0. The lowest BCUT2D eigenvalue weighted by molar-refractivity contribution is 0.765. The van der Waals surface area contributed by atoms with Crippen molar-refractivity contribution < 1.29 is 0 Å². The number of nitrogen functional groups attached to an aromatic ring is 1. The van der Waals surface area contributed by atoms with Crippen LogP contribution in [0.4, 0.5) is 5.13 Å². The molecule has 1 aromatic heterocycles. The van der Waals surface area contributed by atoms with E-state index in [-0.39, 0.29) is 0 Å². The van der Waals surface area contributed by atoms with Gasteiger partial charge < -0.3 is 11.1 Å². The van der Waals surface area contributed by atoms with E-state index >= 15 is 0 Å². The summed E-state index contributed by atoms with van der Waals surface area (Å²) >= 11 is 1.56. The van der Waals surface area contributed by atoms with Crippen LogP contribution in [0.15, 0.2) is 12.1 Å². The molecule has 0 bridgehead atoms. The van der Waals surface area contributed by atoms with Gasteiger partial charge in [0.2, 0.25) is 0 Å². The molecule has 0 spiro atoms. The Balaban J connectivity index is 2.35. The molecule has 0 saturated heterocycles. The van der Waals surface area contributed by atoms with Gasteiger partial charge >= 0.3 is 0 Å². The molecule has 0 aliphatic carbocycles. The highest BCUT2D eigenvalue weighted by Crippen LogP contribution is 2.28. The first kappa shape index (κ1) is 7.29. The molecule has 3 rings (SSSR count). The molecular formula is C9H9N3S. The minimum Gasteiger partial charge on any atom is -0.375 e. The van der Waals surface area contributed by atoms with Gasteiger partial charge in [0, 0.05) is 13.1 Å². The van der Waals surface area contributed by atoms with Crippen molar-refractivity contribution >= 4 is 26.7 Å². The second kappa shape index (κ2) is 2.43. The van der Waals surface area contributed by atoms with Gasteiger partial charge in [0.1, 0.15) is 0 Å². The van der Waals surface area contributed by atoms with Crippen LogP contribution in [0.25, 0.3) is 10.2 Å². The van der Waals surface area contributed by atoms with Gasteiger partial charge in [0.05, 0.1) is 10.2 Å². The third-order valence-corrected chi connectivity index (χ3v) is 3.20. The van der Waals surface area contributed by atoms with E-state index in [1.807, 2.05) is 0 Å². The first-order valence-electron chi connectivity index (χ1n) is 4.21. The SMILES string of the molecule is Nc1nc2cc3c(cc2s1)CNC3. The zero-order valence-corrected chi connectivity index (χ0v) is 7.82. The third-order valence-electron chi connectivity index (χ3n) is 2.36. The highest BCUT2D eigenvalue weighted by molar-refractivity contribution is 7.22. The number of hydrogen-bond donors (Lipinski definition) is 2. The topological polar surface area (TPSA) is 50.9 Å². The molecular weight excluding hydrogens is 182 g/mol. The summed E-state index contributed by atoms with van der Waals surface area (Å²) in [6.45, 7) is 1.94. The molecule has 0 fully saturated rings. The molecule has 0 unspecified atom stereocenters. The van der Waals surface area contributed by atoms with Crippen LogP contribution in [0.5, 0.6) is 0 Å². The number of aromatic nitrogens is 1. The first-order chi connectivity index (χ1) is 6.33. The van der Waals surface area contributed by atoms with E-state index < -0.39 is 0 Å². The summed E-state index contributed by atoms with van der Waals surface area (Å²) in [5, 5.41) is 3.97. The minimum atomic E-state index is 0.659. The number of rotatable bonds is 0. The predicted molar refractivity (Wildman–Crippen MR) is 54.6 cm³/mol. The summed E-state index contributed by atoms with van der Waals surface area (Å²) in [6, 6.07) is 4.33. The Morgan fingerprint density at radius 1 is 1.31 bits per heavy atom. The van der Waals surface area contributed by atoms with Crippen LogP contribution in [-0.4, -0.2) is 4.98 Å². The second-order valence-corrected chi connectivity index (χ2v) is 4.31. The Morgan fingerprint density at radius 3 is 2.92 bits per heavy atom. The molecule has 0 saturated carbocycles. The van der Waals surface area contributed by atoms with E-state index in [2.05, 4.69) is 22.4 Å². The highest BCUT2D eigenvalue weighted by Gasteiger charge is 2.12. The van der Waals surface area contributed by atoms with Gasteiger partial charge in [0.15, 0.2) is 5.13 Å².